The van der Waals surface area contributed by atoms with Gasteiger partial charge in [0.2, 0.25) is 0 Å². The third-order valence-electron chi connectivity index (χ3n) is 2.66. The van der Waals surface area contributed by atoms with Crippen LogP contribution in [-0.2, 0) is 7.05 Å². The van der Waals surface area contributed by atoms with E-state index in [4.69, 9.17) is 11.6 Å². The lowest BCUT2D eigenvalue weighted by molar-refractivity contribution is 0.482. The molecule has 1 N–H and O–H groups in total. The van der Waals surface area contributed by atoms with E-state index in [1.165, 1.54) is 10.9 Å². The number of nitrogens with zero attached hydrogens (tertiary/aromatic N) is 5. The first-order chi connectivity index (χ1) is 8.66. The van der Waals surface area contributed by atoms with Crippen LogP contribution in [0.5, 0.6) is 5.75 Å². The molecule has 0 unspecified atom stereocenters. The Bertz CT molecular complexity index is 739. The molecule has 0 aliphatic rings. The van der Waals surface area contributed by atoms with Crippen molar-refractivity contribution in [2.75, 3.05) is 0 Å². The van der Waals surface area contributed by atoms with Crippen LogP contribution < -0.4 is 0 Å². The van der Waals surface area contributed by atoms with Crippen molar-refractivity contribution in [3.05, 3.63) is 29.4 Å². The Morgan fingerprint density at radius 3 is 2.89 bits per heavy atom. The topological polar surface area (TPSA) is 76.7 Å². The second kappa shape index (κ2) is 3.92. The number of rotatable bonds is 1. The maximum Gasteiger partial charge on any atom is 0.187 e. The fourth-order valence-electron chi connectivity index (χ4n) is 1.77. The van der Waals surface area contributed by atoms with Crippen LogP contribution in [0.25, 0.3) is 22.3 Å². The lowest BCUT2D eigenvalue weighted by Crippen LogP contribution is -1.96. The third-order valence-corrected chi connectivity index (χ3v) is 2.90. The number of fused-ring (bicyclic) bond motifs is 1. The van der Waals surface area contributed by atoms with E-state index in [9.17, 15) is 5.11 Å². The molecule has 0 atom stereocenters. The van der Waals surface area contributed by atoms with Gasteiger partial charge in [0.05, 0.1) is 11.1 Å². The molecule has 0 radical (unpaired) electrons. The molecule has 1 aromatic carbocycles. The highest BCUT2D eigenvalue weighted by molar-refractivity contribution is 6.31. The van der Waals surface area contributed by atoms with Gasteiger partial charge in [-0.25, -0.2) is 4.68 Å². The van der Waals surface area contributed by atoms with Crippen molar-refractivity contribution in [3.8, 4) is 17.1 Å². The number of halogens is 1. The highest BCUT2D eigenvalue weighted by Gasteiger charge is 2.14. The van der Waals surface area contributed by atoms with Gasteiger partial charge >= 0.3 is 0 Å². The number of aryl methyl sites for hydroxylation is 1. The molecule has 0 amide bonds. The van der Waals surface area contributed by atoms with Crippen molar-refractivity contribution in [2.24, 2.45) is 7.05 Å². The molecule has 18 heavy (non-hydrogen) atoms. The standard InChI is InChI=1S/C11H8ClN5O/c1-17-11(14-15-16-17)8-5-13-9-4-6(12)2-3-7(9)10(8)18/h2-5H,1H3,(H,13,18). The zero-order valence-corrected chi connectivity index (χ0v) is 10.1. The lowest BCUT2D eigenvalue weighted by Gasteiger charge is -2.06. The first-order valence-electron chi connectivity index (χ1n) is 5.17. The molecule has 0 fully saturated rings. The molecule has 0 aliphatic heterocycles. The van der Waals surface area contributed by atoms with Gasteiger partial charge < -0.3 is 5.11 Å². The molecule has 0 spiro atoms. The quantitative estimate of drug-likeness (QED) is 0.723. The molecule has 0 bridgehead atoms. The van der Waals surface area contributed by atoms with E-state index in [-0.39, 0.29) is 5.75 Å². The minimum atomic E-state index is 0.0922. The summed E-state index contributed by atoms with van der Waals surface area (Å²) in [5.41, 5.74) is 1.11. The number of hydrogen-bond donors (Lipinski definition) is 1. The number of hydrogen-bond acceptors (Lipinski definition) is 5. The second-order valence-corrected chi connectivity index (χ2v) is 4.24. The molecule has 0 saturated heterocycles. The van der Waals surface area contributed by atoms with Gasteiger partial charge in [-0.05, 0) is 28.6 Å². The summed E-state index contributed by atoms with van der Waals surface area (Å²) in [4.78, 5) is 4.25. The van der Waals surface area contributed by atoms with Crippen molar-refractivity contribution in [1.29, 1.82) is 0 Å². The third kappa shape index (κ3) is 1.58. The van der Waals surface area contributed by atoms with Gasteiger partial charge in [0.25, 0.3) is 0 Å². The van der Waals surface area contributed by atoms with E-state index in [0.717, 1.165) is 0 Å². The number of tetrazole rings is 1. The SMILES string of the molecule is Cn1nnnc1-c1cnc2cc(Cl)ccc2c1O. The lowest BCUT2D eigenvalue weighted by atomic mass is 10.1. The Labute approximate surface area is 107 Å². The maximum atomic E-state index is 10.2. The molecule has 3 aromatic rings. The number of aromatic hydroxyl groups is 1. The maximum absolute atomic E-state index is 10.2. The zero-order valence-electron chi connectivity index (χ0n) is 9.37. The fraction of sp³-hybridized carbons (Fsp3) is 0.0909. The van der Waals surface area contributed by atoms with Crippen molar-refractivity contribution >= 4 is 22.5 Å². The summed E-state index contributed by atoms with van der Waals surface area (Å²) in [5, 5.41) is 22.5. The van der Waals surface area contributed by atoms with E-state index >= 15 is 0 Å². The van der Waals surface area contributed by atoms with Gasteiger partial charge in [-0.2, -0.15) is 0 Å². The molecular formula is C11H8ClN5O. The Kier molecular flexibility index (Phi) is 2.38. The van der Waals surface area contributed by atoms with Gasteiger partial charge in [0.15, 0.2) is 5.82 Å². The summed E-state index contributed by atoms with van der Waals surface area (Å²) in [6.07, 6.45) is 1.53. The number of aromatic nitrogens is 5. The Morgan fingerprint density at radius 1 is 1.33 bits per heavy atom. The summed E-state index contributed by atoms with van der Waals surface area (Å²) in [6.45, 7) is 0. The minimum Gasteiger partial charge on any atom is -0.506 e. The van der Waals surface area contributed by atoms with Gasteiger partial charge in [-0.1, -0.05) is 11.6 Å². The monoisotopic (exact) mass is 261 g/mol. The molecule has 0 saturated carbocycles. The molecule has 90 valence electrons. The Hall–Kier alpha value is -2.21. The molecule has 0 aliphatic carbocycles. The summed E-state index contributed by atoms with van der Waals surface area (Å²) in [7, 11) is 1.70. The van der Waals surface area contributed by atoms with Crippen molar-refractivity contribution in [1.82, 2.24) is 25.2 Å². The van der Waals surface area contributed by atoms with E-state index in [2.05, 4.69) is 20.5 Å². The number of benzene rings is 1. The minimum absolute atomic E-state index is 0.0922. The predicted octanol–water partition coefficient (Wildman–Crippen LogP) is 1.78. The average molecular weight is 262 g/mol. The van der Waals surface area contributed by atoms with Crippen LogP contribution in [0.1, 0.15) is 0 Å². The normalized spacial score (nSPS) is 11.0. The van der Waals surface area contributed by atoms with E-state index < -0.39 is 0 Å². The second-order valence-electron chi connectivity index (χ2n) is 3.81. The number of pyridine rings is 1. The van der Waals surface area contributed by atoms with Crippen LogP contribution in [0.15, 0.2) is 24.4 Å². The van der Waals surface area contributed by atoms with E-state index in [1.807, 2.05) is 0 Å². The molecule has 7 heteroatoms. The van der Waals surface area contributed by atoms with Crippen LogP contribution in [0, 0.1) is 0 Å². The van der Waals surface area contributed by atoms with Gasteiger partial charge in [0.1, 0.15) is 5.75 Å². The Balaban J connectivity index is 2.30. The van der Waals surface area contributed by atoms with Crippen LogP contribution in [0.4, 0.5) is 0 Å². The van der Waals surface area contributed by atoms with Gasteiger partial charge in [0, 0.05) is 23.7 Å². The highest BCUT2D eigenvalue weighted by Crippen LogP contribution is 2.33. The smallest absolute Gasteiger partial charge is 0.187 e. The van der Waals surface area contributed by atoms with Crippen LogP contribution in [-0.4, -0.2) is 30.3 Å². The summed E-state index contributed by atoms with van der Waals surface area (Å²) in [5.74, 6) is 0.548. The van der Waals surface area contributed by atoms with Crippen LogP contribution in [0.3, 0.4) is 0 Å². The Morgan fingerprint density at radius 2 is 2.17 bits per heavy atom. The molecule has 2 aromatic heterocycles. The van der Waals surface area contributed by atoms with Crippen LogP contribution >= 0.6 is 11.6 Å². The van der Waals surface area contributed by atoms with Crippen molar-refractivity contribution < 1.29 is 5.11 Å². The summed E-state index contributed by atoms with van der Waals surface area (Å²) in [6, 6.07) is 5.10. The largest absolute Gasteiger partial charge is 0.506 e. The van der Waals surface area contributed by atoms with Gasteiger partial charge in [-0.3, -0.25) is 4.98 Å². The van der Waals surface area contributed by atoms with Crippen LogP contribution in [0.2, 0.25) is 5.02 Å². The highest BCUT2D eigenvalue weighted by atomic mass is 35.5. The fourth-order valence-corrected chi connectivity index (χ4v) is 1.94. The molecule has 3 rings (SSSR count). The first-order valence-corrected chi connectivity index (χ1v) is 5.54. The molecule has 6 nitrogen and oxygen atoms in total. The van der Waals surface area contributed by atoms with Crippen molar-refractivity contribution in [3.63, 3.8) is 0 Å². The molecular weight excluding hydrogens is 254 g/mol. The predicted molar refractivity (Wildman–Crippen MR) is 66.2 cm³/mol. The van der Waals surface area contributed by atoms with Crippen molar-refractivity contribution in [2.45, 2.75) is 0 Å². The van der Waals surface area contributed by atoms with Gasteiger partial charge in [-0.15, -0.1) is 5.10 Å². The zero-order chi connectivity index (χ0) is 12.7. The summed E-state index contributed by atoms with van der Waals surface area (Å²) >= 11 is 5.88. The molecule has 2 heterocycles. The van der Waals surface area contributed by atoms with E-state index in [0.29, 0.717) is 27.3 Å². The first kappa shape index (κ1) is 10.9. The van der Waals surface area contributed by atoms with E-state index in [1.54, 1.807) is 25.2 Å². The average Bonchev–Trinajstić information content (AvgIpc) is 2.76. The summed E-state index contributed by atoms with van der Waals surface area (Å²) < 4.78 is 1.47.